The normalized spacial score (nSPS) is 13.4. The molecule has 1 amide bonds. The lowest BCUT2D eigenvalue weighted by Crippen LogP contribution is -2.52. The smallest absolute Gasteiger partial charge is 0.331 e. The maximum Gasteiger partial charge on any atom is 0.331 e. The van der Waals surface area contributed by atoms with Crippen molar-refractivity contribution in [2.75, 3.05) is 13.4 Å². The van der Waals surface area contributed by atoms with E-state index >= 15 is 0 Å². The average Bonchev–Trinajstić information content (AvgIpc) is 2.46. The largest absolute Gasteiger partial charge is 0.467 e. The van der Waals surface area contributed by atoms with Crippen molar-refractivity contribution in [3.05, 3.63) is 29.8 Å². The third kappa shape index (κ3) is 3.76. The third-order valence-corrected chi connectivity index (χ3v) is 3.92. The van der Waals surface area contributed by atoms with Gasteiger partial charge >= 0.3 is 5.97 Å². The fourth-order valence-electron chi connectivity index (χ4n) is 2.09. The minimum atomic E-state index is -0.994. The monoisotopic (exact) mass is 295 g/mol. The molecule has 0 saturated carbocycles. The summed E-state index contributed by atoms with van der Waals surface area (Å²) >= 11 is 1.50. The Bertz CT molecular complexity index is 490. The van der Waals surface area contributed by atoms with Gasteiger partial charge in [-0.2, -0.15) is 0 Å². The number of esters is 1. The lowest BCUT2D eigenvalue weighted by molar-refractivity contribution is -0.147. The van der Waals surface area contributed by atoms with Gasteiger partial charge in [0.15, 0.2) is 0 Å². The maximum absolute atomic E-state index is 12.4. The summed E-state index contributed by atoms with van der Waals surface area (Å²) in [6.45, 7) is 3.66. The van der Waals surface area contributed by atoms with Crippen LogP contribution in [-0.4, -0.2) is 30.8 Å². The molecule has 0 saturated heterocycles. The van der Waals surface area contributed by atoms with Crippen LogP contribution < -0.4 is 5.32 Å². The lowest BCUT2D eigenvalue weighted by atomic mass is 9.95. The predicted octanol–water partition coefficient (Wildman–Crippen LogP) is 2.87. The van der Waals surface area contributed by atoms with Gasteiger partial charge in [0, 0.05) is 4.90 Å². The van der Waals surface area contributed by atoms with E-state index in [0.29, 0.717) is 12.0 Å². The van der Waals surface area contributed by atoms with Crippen molar-refractivity contribution in [1.29, 1.82) is 0 Å². The number of benzene rings is 1. The quantitative estimate of drug-likeness (QED) is 0.647. The van der Waals surface area contributed by atoms with E-state index in [4.69, 9.17) is 4.74 Å². The van der Waals surface area contributed by atoms with Gasteiger partial charge in [0.2, 0.25) is 0 Å². The summed E-state index contributed by atoms with van der Waals surface area (Å²) in [6.07, 6.45) is 3.22. The average molecular weight is 295 g/mol. The molecular formula is C15H21NO3S. The van der Waals surface area contributed by atoms with Crippen molar-refractivity contribution in [1.82, 2.24) is 5.32 Å². The molecule has 0 radical (unpaired) electrons. The maximum atomic E-state index is 12.4. The zero-order valence-electron chi connectivity index (χ0n) is 12.4. The van der Waals surface area contributed by atoms with Crippen molar-refractivity contribution in [3.8, 4) is 0 Å². The molecule has 4 nitrogen and oxygen atoms in total. The Kier molecular flexibility index (Phi) is 6.07. The van der Waals surface area contributed by atoms with E-state index in [1.165, 1.54) is 18.9 Å². The first-order valence-corrected chi connectivity index (χ1v) is 7.75. The van der Waals surface area contributed by atoms with Gasteiger partial charge in [0.25, 0.3) is 5.91 Å². The van der Waals surface area contributed by atoms with Crippen LogP contribution in [-0.2, 0) is 9.53 Å². The standard InChI is InChI=1S/C15H21NO3S/c1-5-10-15(2,14(18)19-3)16-13(17)11-8-6-7-9-12(11)20-4/h6-9H,5,10H2,1-4H3,(H,16,17). The summed E-state index contributed by atoms with van der Waals surface area (Å²) in [6, 6.07) is 7.33. The van der Waals surface area contributed by atoms with E-state index in [1.807, 2.05) is 31.4 Å². The Morgan fingerprint density at radius 3 is 2.55 bits per heavy atom. The van der Waals surface area contributed by atoms with Crippen LogP contribution in [0, 0.1) is 0 Å². The third-order valence-electron chi connectivity index (χ3n) is 3.13. The predicted molar refractivity (Wildman–Crippen MR) is 81.0 cm³/mol. The van der Waals surface area contributed by atoms with Crippen molar-refractivity contribution >= 4 is 23.6 Å². The molecule has 0 fully saturated rings. The van der Waals surface area contributed by atoms with E-state index in [2.05, 4.69) is 5.32 Å². The first-order chi connectivity index (χ1) is 9.48. The van der Waals surface area contributed by atoms with Crippen LogP contribution in [0.2, 0.25) is 0 Å². The molecule has 1 rings (SSSR count). The van der Waals surface area contributed by atoms with E-state index in [-0.39, 0.29) is 5.91 Å². The number of ether oxygens (including phenoxy) is 1. The Morgan fingerprint density at radius 2 is 2.00 bits per heavy atom. The number of thioether (sulfide) groups is 1. The first-order valence-electron chi connectivity index (χ1n) is 6.52. The van der Waals surface area contributed by atoms with Gasteiger partial charge in [0.05, 0.1) is 12.7 Å². The summed E-state index contributed by atoms with van der Waals surface area (Å²) in [4.78, 5) is 25.2. The zero-order chi connectivity index (χ0) is 15.2. The van der Waals surface area contributed by atoms with E-state index in [1.54, 1.807) is 13.0 Å². The SMILES string of the molecule is CCCC(C)(NC(=O)c1ccccc1SC)C(=O)OC. The summed E-state index contributed by atoms with van der Waals surface area (Å²) in [7, 11) is 1.33. The summed E-state index contributed by atoms with van der Waals surface area (Å²) in [5.74, 6) is -0.675. The second-order valence-electron chi connectivity index (χ2n) is 4.73. The van der Waals surface area contributed by atoms with Gasteiger partial charge < -0.3 is 10.1 Å². The van der Waals surface area contributed by atoms with Crippen LogP contribution in [0.1, 0.15) is 37.0 Å². The highest BCUT2D eigenvalue weighted by molar-refractivity contribution is 7.98. The Hall–Kier alpha value is -1.49. The molecule has 1 atom stereocenters. The van der Waals surface area contributed by atoms with Crippen LogP contribution in [0.5, 0.6) is 0 Å². The topological polar surface area (TPSA) is 55.4 Å². The summed E-state index contributed by atoms with van der Waals surface area (Å²) < 4.78 is 4.80. The first kappa shape index (κ1) is 16.6. The molecule has 0 bridgehead atoms. The molecule has 1 N–H and O–H groups in total. The van der Waals surface area contributed by atoms with Crippen molar-refractivity contribution in [2.45, 2.75) is 37.1 Å². The van der Waals surface area contributed by atoms with Gasteiger partial charge in [-0.3, -0.25) is 4.79 Å². The molecule has 1 aromatic carbocycles. The molecule has 1 aromatic rings. The molecule has 0 spiro atoms. The van der Waals surface area contributed by atoms with Crippen LogP contribution in [0.25, 0.3) is 0 Å². The van der Waals surface area contributed by atoms with Crippen LogP contribution in [0.15, 0.2) is 29.2 Å². The van der Waals surface area contributed by atoms with Gasteiger partial charge in [-0.05, 0) is 31.7 Å². The molecule has 0 aliphatic rings. The number of methoxy groups -OCH3 is 1. The molecule has 0 aliphatic heterocycles. The molecule has 0 heterocycles. The summed E-state index contributed by atoms with van der Waals surface area (Å²) in [5, 5.41) is 2.81. The Morgan fingerprint density at radius 1 is 1.35 bits per heavy atom. The molecule has 0 aromatic heterocycles. The van der Waals surface area contributed by atoms with Crippen molar-refractivity contribution in [2.24, 2.45) is 0 Å². The minimum absolute atomic E-state index is 0.253. The second-order valence-corrected chi connectivity index (χ2v) is 5.58. The summed E-state index contributed by atoms with van der Waals surface area (Å²) in [5.41, 5.74) is -0.419. The highest BCUT2D eigenvalue weighted by Gasteiger charge is 2.35. The number of hydrogen-bond acceptors (Lipinski definition) is 4. The van der Waals surface area contributed by atoms with Gasteiger partial charge in [-0.25, -0.2) is 4.79 Å². The van der Waals surface area contributed by atoms with Crippen molar-refractivity contribution in [3.63, 3.8) is 0 Å². The van der Waals surface area contributed by atoms with E-state index < -0.39 is 11.5 Å². The number of nitrogens with one attached hydrogen (secondary N) is 1. The minimum Gasteiger partial charge on any atom is -0.467 e. The number of carbonyl (C=O) groups excluding carboxylic acids is 2. The molecule has 5 heteroatoms. The van der Waals surface area contributed by atoms with Crippen molar-refractivity contribution < 1.29 is 14.3 Å². The molecule has 20 heavy (non-hydrogen) atoms. The van der Waals surface area contributed by atoms with E-state index in [9.17, 15) is 9.59 Å². The van der Waals surface area contributed by atoms with E-state index in [0.717, 1.165) is 11.3 Å². The number of rotatable bonds is 6. The van der Waals surface area contributed by atoms with Crippen LogP contribution >= 0.6 is 11.8 Å². The fourth-order valence-corrected chi connectivity index (χ4v) is 2.69. The van der Waals surface area contributed by atoms with Crippen LogP contribution in [0.3, 0.4) is 0 Å². The highest BCUT2D eigenvalue weighted by atomic mass is 32.2. The number of amides is 1. The fraction of sp³-hybridized carbons (Fsp3) is 0.467. The number of hydrogen-bond donors (Lipinski definition) is 1. The second kappa shape index (κ2) is 7.33. The van der Waals surface area contributed by atoms with Gasteiger partial charge in [0.1, 0.15) is 5.54 Å². The molecule has 0 aliphatic carbocycles. The Balaban J connectivity index is 2.99. The molecular weight excluding hydrogens is 274 g/mol. The van der Waals surface area contributed by atoms with Gasteiger partial charge in [-0.15, -0.1) is 11.8 Å². The molecule has 110 valence electrons. The van der Waals surface area contributed by atoms with Gasteiger partial charge in [-0.1, -0.05) is 25.5 Å². The van der Waals surface area contributed by atoms with Crippen LogP contribution in [0.4, 0.5) is 0 Å². The number of carbonyl (C=O) groups is 2. The zero-order valence-corrected chi connectivity index (χ0v) is 13.2. The Labute approximate surface area is 124 Å². The highest BCUT2D eigenvalue weighted by Crippen LogP contribution is 2.22. The lowest BCUT2D eigenvalue weighted by Gasteiger charge is -2.27. The molecule has 1 unspecified atom stereocenters.